The number of hydrogen-bond acceptors (Lipinski definition) is 4. The number of anilines is 2. The van der Waals surface area contributed by atoms with Crippen molar-refractivity contribution in [2.45, 2.75) is 19.9 Å². The number of fused-ring (bicyclic) bond motifs is 1. The minimum absolute atomic E-state index is 0.253. The minimum atomic E-state index is 0.253. The number of nitrogens with zero attached hydrogens (tertiary/aromatic N) is 1. The van der Waals surface area contributed by atoms with Crippen LogP contribution >= 0.6 is 0 Å². The lowest BCUT2D eigenvalue weighted by molar-refractivity contribution is 0.171. The van der Waals surface area contributed by atoms with E-state index in [-0.39, 0.29) is 6.04 Å². The summed E-state index contributed by atoms with van der Waals surface area (Å²) in [5, 5.41) is 4.47. The summed E-state index contributed by atoms with van der Waals surface area (Å²) < 4.78 is 5.23. The highest BCUT2D eigenvalue weighted by Gasteiger charge is 2.13. The number of rotatable bonds is 5. The first-order chi connectivity index (χ1) is 9.10. The highest BCUT2D eigenvalue weighted by Crippen LogP contribution is 2.19. The van der Waals surface area contributed by atoms with Gasteiger partial charge in [0, 0.05) is 18.2 Å². The molecule has 2 rings (SSSR count). The molecule has 1 unspecified atom stereocenters. The van der Waals surface area contributed by atoms with Crippen molar-refractivity contribution in [3.8, 4) is 0 Å². The molecule has 0 radical (unpaired) electrons. The highest BCUT2D eigenvalue weighted by atomic mass is 16.5. The molecule has 0 saturated heterocycles. The van der Waals surface area contributed by atoms with E-state index in [0.717, 1.165) is 22.4 Å². The largest absolute Gasteiger partial charge is 0.399 e. The van der Waals surface area contributed by atoms with Crippen LogP contribution in [0.1, 0.15) is 13.8 Å². The third-order valence-electron chi connectivity index (χ3n) is 3.20. The third-order valence-corrected chi connectivity index (χ3v) is 3.20. The van der Waals surface area contributed by atoms with Crippen LogP contribution in [0.5, 0.6) is 0 Å². The number of pyridine rings is 1. The predicted octanol–water partition coefficient (Wildman–Crippen LogP) is 2.90. The number of benzene rings is 1. The molecule has 0 amide bonds. The molecule has 1 heterocycles. The summed E-state index contributed by atoms with van der Waals surface area (Å²) in [6.45, 7) is 5.00. The van der Waals surface area contributed by atoms with Crippen LogP contribution in [-0.4, -0.2) is 24.7 Å². The van der Waals surface area contributed by atoms with Gasteiger partial charge in [0.2, 0.25) is 0 Å². The van der Waals surface area contributed by atoms with Crippen molar-refractivity contribution in [1.29, 1.82) is 0 Å². The molecule has 0 bridgehead atoms. The molecule has 1 aromatic heterocycles. The van der Waals surface area contributed by atoms with Gasteiger partial charge < -0.3 is 15.8 Å². The molecule has 102 valence electrons. The lowest BCUT2D eigenvalue weighted by Crippen LogP contribution is -2.30. The summed E-state index contributed by atoms with van der Waals surface area (Å²) in [4.78, 5) is 4.60. The Morgan fingerprint density at radius 1 is 1.26 bits per heavy atom. The summed E-state index contributed by atoms with van der Waals surface area (Å²) in [6.07, 6.45) is 0. The number of ether oxygens (including phenoxy) is 1. The zero-order chi connectivity index (χ0) is 13.8. The Labute approximate surface area is 114 Å². The number of methoxy groups -OCH3 is 1. The molecular formula is C15H21N3O. The van der Waals surface area contributed by atoms with Crippen molar-refractivity contribution in [2.24, 2.45) is 5.92 Å². The molecule has 0 aliphatic rings. The lowest BCUT2D eigenvalue weighted by Gasteiger charge is -2.22. The van der Waals surface area contributed by atoms with Gasteiger partial charge in [-0.2, -0.15) is 0 Å². The fourth-order valence-corrected chi connectivity index (χ4v) is 1.99. The second-order valence-electron chi connectivity index (χ2n) is 5.10. The maximum atomic E-state index is 5.76. The van der Waals surface area contributed by atoms with Gasteiger partial charge in [0.1, 0.15) is 5.82 Å². The van der Waals surface area contributed by atoms with E-state index in [4.69, 9.17) is 10.5 Å². The van der Waals surface area contributed by atoms with E-state index in [1.54, 1.807) is 7.11 Å². The Balaban J connectivity index is 2.23. The minimum Gasteiger partial charge on any atom is -0.399 e. The van der Waals surface area contributed by atoms with Crippen LogP contribution in [0.4, 0.5) is 11.5 Å². The molecule has 2 aromatic rings. The van der Waals surface area contributed by atoms with Crippen LogP contribution in [0.2, 0.25) is 0 Å². The number of nitrogens with one attached hydrogen (secondary N) is 1. The maximum absolute atomic E-state index is 5.76. The van der Waals surface area contributed by atoms with E-state index in [1.807, 2.05) is 30.3 Å². The average Bonchev–Trinajstić information content (AvgIpc) is 2.38. The lowest BCUT2D eigenvalue weighted by atomic mass is 10.1. The zero-order valence-electron chi connectivity index (χ0n) is 11.7. The first kappa shape index (κ1) is 13.6. The molecule has 0 fully saturated rings. The van der Waals surface area contributed by atoms with Crippen molar-refractivity contribution < 1.29 is 4.74 Å². The summed E-state index contributed by atoms with van der Waals surface area (Å²) in [7, 11) is 1.72. The van der Waals surface area contributed by atoms with Crippen LogP contribution in [0.25, 0.3) is 10.9 Å². The number of hydrogen-bond donors (Lipinski definition) is 2. The summed E-state index contributed by atoms with van der Waals surface area (Å²) in [5.74, 6) is 1.34. The zero-order valence-corrected chi connectivity index (χ0v) is 11.7. The number of nitrogen functional groups attached to an aromatic ring is 1. The van der Waals surface area contributed by atoms with Crippen LogP contribution in [0, 0.1) is 5.92 Å². The molecule has 0 aliphatic heterocycles. The first-order valence-corrected chi connectivity index (χ1v) is 6.52. The number of nitrogens with two attached hydrogens (primary N) is 1. The van der Waals surface area contributed by atoms with Crippen molar-refractivity contribution in [2.75, 3.05) is 24.8 Å². The second kappa shape index (κ2) is 5.89. The third kappa shape index (κ3) is 3.35. The Hall–Kier alpha value is -1.81. The Morgan fingerprint density at radius 3 is 2.74 bits per heavy atom. The van der Waals surface area contributed by atoms with Gasteiger partial charge in [-0.05, 0) is 36.2 Å². The van der Waals surface area contributed by atoms with Crippen molar-refractivity contribution in [1.82, 2.24) is 4.98 Å². The van der Waals surface area contributed by atoms with Crippen molar-refractivity contribution >= 4 is 22.4 Å². The van der Waals surface area contributed by atoms with Gasteiger partial charge in [-0.1, -0.05) is 13.8 Å². The van der Waals surface area contributed by atoms with E-state index in [0.29, 0.717) is 12.5 Å². The Kier molecular flexibility index (Phi) is 4.22. The Bertz CT molecular complexity index is 554. The molecule has 1 atom stereocenters. The van der Waals surface area contributed by atoms with Gasteiger partial charge >= 0.3 is 0 Å². The van der Waals surface area contributed by atoms with Crippen molar-refractivity contribution in [3.05, 3.63) is 30.3 Å². The van der Waals surface area contributed by atoms with Gasteiger partial charge in [0.25, 0.3) is 0 Å². The van der Waals surface area contributed by atoms with Crippen LogP contribution in [0.15, 0.2) is 30.3 Å². The topological polar surface area (TPSA) is 60.2 Å². The molecule has 0 spiro atoms. The molecular weight excluding hydrogens is 238 g/mol. The van der Waals surface area contributed by atoms with Gasteiger partial charge in [-0.15, -0.1) is 0 Å². The monoisotopic (exact) mass is 259 g/mol. The normalized spacial score (nSPS) is 12.8. The fraction of sp³-hybridized carbons (Fsp3) is 0.400. The van der Waals surface area contributed by atoms with Gasteiger partial charge in [-0.25, -0.2) is 4.98 Å². The van der Waals surface area contributed by atoms with Crippen LogP contribution in [-0.2, 0) is 4.74 Å². The van der Waals surface area contributed by atoms with Crippen LogP contribution < -0.4 is 11.1 Å². The van der Waals surface area contributed by atoms with Gasteiger partial charge in [0.05, 0.1) is 18.2 Å². The van der Waals surface area contributed by atoms with E-state index in [2.05, 4.69) is 24.1 Å². The maximum Gasteiger partial charge on any atom is 0.126 e. The standard InChI is InChI=1S/C15H21N3O/c1-10(2)14(9-19-3)18-15-7-4-11-8-12(16)5-6-13(11)17-15/h4-8,10,14H,9,16H2,1-3H3,(H,17,18). The van der Waals surface area contributed by atoms with Crippen molar-refractivity contribution in [3.63, 3.8) is 0 Å². The Morgan fingerprint density at radius 2 is 2.05 bits per heavy atom. The van der Waals surface area contributed by atoms with Gasteiger partial charge in [-0.3, -0.25) is 0 Å². The molecule has 0 saturated carbocycles. The highest BCUT2D eigenvalue weighted by molar-refractivity contribution is 5.83. The van der Waals surface area contributed by atoms with E-state index in [1.165, 1.54) is 0 Å². The predicted molar refractivity (Wildman–Crippen MR) is 80.3 cm³/mol. The second-order valence-corrected chi connectivity index (χ2v) is 5.10. The molecule has 1 aromatic carbocycles. The molecule has 4 nitrogen and oxygen atoms in total. The van der Waals surface area contributed by atoms with Gasteiger partial charge in [0.15, 0.2) is 0 Å². The van der Waals surface area contributed by atoms with E-state index in [9.17, 15) is 0 Å². The smallest absolute Gasteiger partial charge is 0.126 e. The SMILES string of the molecule is COCC(Nc1ccc2cc(N)ccc2n1)C(C)C. The number of aromatic nitrogens is 1. The summed E-state index contributed by atoms with van der Waals surface area (Å²) in [5.41, 5.74) is 7.46. The quantitative estimate of drug-likeness (QED) is 0.811. The molecule has 19 heavy (non-hydrogen) atoms. The molecule has 3 N–H and O–H groups in total. The van der Waals surface area contributed by atoms with E-state index < -0.39 is 0 Å². The average molecular weight is 259 g/mol. The summed E-state index contributed by atoms with van der Waals surface area (Å²) in [6, 6.07) is 10.0. The summed E-state index contributed by atoms with van der Waals surface area (Å²) >= 11 is 0. The first-order valence-electron chi connectivity index (χ1n) is 6.52. The fourth-order valence-electron chi connectivity index (χ4n) is 1.99. The van der Waals surface area contributed by atoms with E-state index >= 15 is 0 Å². The van der Waals surface area contributed by atoms with Crippen LogP contribution in [0.3, 0.4) is 0 Å². The molecule has 0 aliphatic carbocycles. The molecule has 4 heteroatoms.